The molecule has 32 heavy (non-hydrogen) atoms. The minimum atomic E-state index is -3.99. The van der Waals surface area contributed by atoms with Crippen LogP contribution in [0.2, 0.25) is 0 Å². The van der Waals surface area contributed by atoms with E-state index in [4.69, 9.17) is 14.2 Å². The Bertz CT molecular complexity index is 1190. The standard InChI is InChI=1S/C23H24N2O6S/c1-16-6-4-5-7-20(16)31-15-23(26)24-18-10-13-21(30-3)22(14-18)32(27,28)25-17-8-11-19(29-2)12-9-17/h4-14,25H,15H2,1-3H3,(H,24,26). The minimum absolute atomic E-state index is 0.117. The second-order valence-electron chi connectivity index (χ2n) is 6.80. The highest BCUT2D eigenvalue weighted by Gasteiger charge is 2.21. The molecule has 0 saturated heterocycles. The molecule has 2 N–H and O–H groups in total. The van der Waals surface area contributed by atoms with Crippen molar-refractivity contribution in [3.05, 3.63) is 72.3 Å². The number of methoxy groups -OCH3 is 2. The van der Waals surface area contributed by atoms with Gasteiger partial charge in [-0.25, -0.2) is 8.42 Å². The quantitative estimate of drug-likeness (QED) is 0.507. The van der Waals surface area contributed by atoms with Gasteiger partial charge >= 0.3 is 0 Å². The second kappa shape index (κ2) is 10.1. The molecular weight excluding hydrogens is 432 g/mol. The highest BCUT2D eigenvalue weighted by atomic mass is 32.2. The first kappa shape index (κ1) is 23.0. The molecule has 0 aromatic heterocycles. The summed E-state index contributed by atoms with van der Waals surface area (Å²) in [5, 5.41) is 2.65. The van der Waals surface area contributed by atoms with Gasteiger partial charge in [0.05, 0.1) is 14.2 Å². The Morgan fingerprint density at radius 3 is 2.22 bits per heavy atom. The number of hydrogen-bond acceptors (Lipinski definition) is 6. The lowest BCUT2D eigenvalue weighted by atomic mass is 10.2. The van der Waals surface area contributed by atoms with Gasteiger partial charge in [-0.2, -0.15) is 0 Å². The van der Waals surface area contributed by atoms with Gasteiger partial charge < -0.3 is 19.5 Å². The number of aryl methyl sites for hydroxylation is 1. The van der Waals surface area contributed by atoms with Crippen LogP contribution in [-0.2, 0) is 14.8 Å². The van der Waals surface area contributed by atoms with Crippen molar-refractivity contribution in [3.8, 4) is 17.2 Å². The molecule has 0 bridgehead atoms. The predicted molar refractivity (Wildman–Crippen MR) is 122 cm³/mol. The zero-order valence-corrected chi connectivity index (χ0v) is 18.7. The molecule has 3 aromatic carbocycles. The van der Waals surface area contributed by atoms with Crippen molar-refractivity contribution in [3.63, 3.8) is 0 Å². The molecule has 3 aromatic rings. The molecule has 168 valence electrons. The molecule has 1 amide bonds. The van der Waals surface area contributed by atoms with E-state index in [9.17, 15) is 13.2 Å². The summed E-state index contributed by atoms with van der Waals surface area (Å²) in [6.45, 7) is 1.66. The molecule has 0 aliphatic rings. The average molecular weight is 457 g/mol. The number of carbonyl (C=O) groups excluding carboxylic acids is 1. The second-order valence-corrected chi connectivity index (χ2v) is 8.45. The van der Waals surface area contributed by atoms with E-state index < -0.39 is 15.9 Å². The van der Waals surface area contributed by atoms with Gasteiger partial charge in [-0.05, 0) is 61.0 Å². The van der Waals surface area contributed by atoms with E-state index in [1.54, 1.807) is 36.4 Å². The van der Waals surface area contributed by atoms with E-state index in [2.05, 4.69) is 10.0 Å². The Morgan fingerprint density at radius 2 is 1.56 bits per heavy atom. The van der Waals surface area contributed by atoms with E-state index >= 15 is 0 Å². The average Bonchev–Trinajstić information content (AvgIpc) is 2.79. The number of carbonyl (C=O) groups is 1. The minimum Gasteiger partial charge on any atom is -0.497 e. The van der Waals surface area contributed by atoms with Crippen LogP contribution in [0.25, 0.3) is 0 Å². The van der Waals surface area contributed by atoms with Crippen LogP contribution in [-0.4, -0.2) is 35.2 Å². The normalized spacial score (nSPS) is 10.8. The lowest BCUT2D eigenvalue weighted by Gasteiger charge is -2.14. The molecule has 8 nitrogen and oxygen atoms in total. The van der Waals surface area contributed by atoms with Crippen molar-refractivity contribution in [2.75, 3.05) is 30.9 Å². The van der Waals surface area contributed by atoms with Crippen molar-refractivity contribution in [1.82, 2.24) is 0 Å². The van der Waals surface area contributed by atoms with Crippen LogP contribution in [0.4, 0.5) is 11.4 Å². The molecule has 0 aliphatic heterocycles. The molecule has 0 aliphatic carbocycles. The van der Waals surface area contributed by atoms with Gasteiger partial charge in [0.1, 0.15) is 22.1 Å². The van der Waals surface area contributed by atoms with Crippen LogP contribution in [0.3, 0.4) is 0 Å². The molecule has 0 spiro atoms. The number of nitrogens with one attached hydrogen (secondary N) is 2. The number of rotatable bonds is 9. The van der Waals surface area contributed by atoms with Gasteiger partial charge in [0.2, 0.25) is 0 Å². The fourth-order valence-corrected chi connectivity index (χ4v) is 4.15. The Morgan fingerprint density at radius 1 is 0.875 bits per heavy atom. The molecule has 3 rings (SSSR count). The molecular formula is C23H24N2O6S. The Balaban J connectivity index is 1.75. The van der Waals surface area contributed by atoms with Gasteiger partial charge in [-0.3, -0.25) is 9.52 Å². The smallest absolute Gasteiger partial charge is 0.265 e. The van der Waals surface area contributed by atoms with Crippen LogP contribution in [0.5, 0.6) is 17.2 Å². The first-order chi connectivity index (χ1) is 15.3. The van der Waals surface area contributed by atoms with E-state index in [-0.39, 0.29) is 17.3 Å². The number of anilines is 2. The van der Waals surface area contributed by atoms with Crippen molar-refractivity contribution in [1.29, 1.82) is 0 Å². The maximum atomic E-state index is 13.0. The predicted octanol–water partition coefficient (Wildman–Crippen LogP) is 3.83. The van der Waals surface area contributed by atoms with Crippen molar-refractivity contribution < 1.29 is 27.4 Å². The number of sulfonamides is 1. The summed E-state index contributed by atoms with van der Waals surface area (Å²) in [6, 6.07) is 18.1. The number of para-hydroxylation sites is 1. The SMILES string of the molecule is COc1ccc(NS(=O)(=O)c2cc(NC(=O)COc3ccccc3C)ccc2OC)cc1. The topological polar surface area (TPSA) is 103 Å². The summed E-state index contributed by atoms with van der Waals surface area (Å²) in [5.41, 5.74) is 1.55. The third kappa shape index (κ3) is 5.70. The fourth-order valence-electron chi connectivity index (χ4n) is 2.89. The third-order valence-corrected chi connectivity index (χ3v) is 5.93. The van der Waals surface area contributed by atoms with Gasteiger partial charge in [0.15, 0.2) is 6.61 Å². The summed E-state index contributed by atoms with van der Waals surface area (Å²) < 4.78 is 44.2. The Kier molecular flexibility index (Phi) is 7.21. The third-order valence-electron chi connectivity index (χ3n) is 4.53. The summed E-state index contributed by atoms with van der Waals surface area (Å²) in [6.07, 6.45) is 0. The first-order valence-electron chi connectivity index (χ1n) is 9.65. The van der Waals surface area contributed by atoms with Crippen molar-refractivity contribution >= 4 is 27.3 Å². The molecule has 0 radical (unpaired) electrons. The molecule has 9 heteroatoms. The molecule has 0 saturated carbocycles. The van der Waals surface area contributed by atoms with Gasteiger partial charge in [0.25, 0.3) is 15.9 Å². The van der Waals surface area contributed by atoms with Gasteiger partial charge in [0, 0.05) is 11.4 Å². The summed E-state index contributed by atoms with van der Waals surface area (Å²) >= 11 is 0. The highest BCUT2D eigenvalue weighted by Crippen LogP contribution is 2.29. The zero-order chi connectivity index (χ0) is 23.1. The monoisotopic (exact) mass is 456 g/mol. The lowest BCUT2D eigenvalue weighted by Crippen LogP contribution is -2.21. The summed E-state index contributed by atoms with van der Waals surface area (Å²) in [4.78, 5) is 12.2. The van der Waals surface area contributed by atoms with Gasteiger partial charge in [-0.1, -0.05) is 18.2 Å². The maximum Gasteiger partial charge on any atom is 0.265 e. The van der Waals surface area contributed by atoms with E-state index in [0.717, 1.165) is 5.56 Å². The van der Waals surface area contributed by atoms with Crippen LogP contribution in [0.15, 0.2) is 71.6 Å². The van der Waals surface area contributed by atoms with E-state index in [1.165, 1.54) is 26.4 Å². The lowest BCUT2D eigenvalue weighted by molar-refractivity contribution is -0.118. The Hall–Kier alpha value is -3.72. The van der Waals surface area contributed by atoms with Crippen molar-refractivity contribution in [2.24, 2.45) is 0 Å². The molecule has 0 atom stereocenters. The molecule has 0 heterocycles. The van der Waals surface area contributed by atoms with Crippen LogP contribution in [0, 0.1) is 6.92 Å². The first-order valence-corrected chi connectivity index (χ1v) is 11.1. The largest absolute Gasteiger partial charge is 0.497 e. The van der Waals surface area contributed by atoms with Crippen LogP contribution < -0.4 is 24.2 Å². The Labute approximate surface area is 187 Å². The molecule has 0 unspecified atom stereocenters. The number of amides is 1. The van der Waals surface area contributed by atoms with Gasteiger partial charge in [-0.15, -0.1) is 0 Å². The number of ether oxygens (including phenoxy) is 3. The summed E-state index contributed by atoms with van der Waals surface area (Å²) in [5.74, 6) is 0.914. The van der Waals surface area contributed by atoms with Crippen molar-refractivity contribution in [2.45, 2.75) is 11.8 Å². The fraction of sp³-hybridized carbons (Fsp3) is 0.174. The van der Waals surface area contributed by atoms with Crippen LogP contribution >= 0.6 is 0 Å². The number of hydrogen-bond donors (Lipinski definition) is 2. The van der Waals surface area contributed by atoms with Crippen LogP contribution in [0.1, 0.15) is 5.56 Å². The molecule has 0 fully saturated rings. The summed E-state index contributed by atoms with van der Waals surface area (Å²) in [7, 11) is -1.10. The van der Waals surface area contributed by atoms with E-state index in [1.807, 2.05) is 25.1 Å². The number of benzene rings is 3. The zero-order valence-electron chi connectivity index (χ0n) is 17.9. The highest BCUT2D eigenvalue weighted by molar-refractivity contribution is 7.92. The maximum absolute atomic E-state index is 13.0. The van der Waals surface area contributed by atoms with E-state index in [0.29, 0.717) is 22.9 Å².